The fourth-order valence-corrected chi connectivity index (χ4v) is 6.04. The molecule has 46 heavy (non-hydrogen) atoms. The zero-order chi connectivity index (χ0) is 33.2. The molecule has 1 aliphatic rings. The van der Waals surface area contributed by atoms with Gasteiger partial charge in [0.2, 0.25) is 5.91 Å². The van der Waals surface area contributed by atoms with Crippen molar-refractivity contribution in [2.24, 2.45) is 5.92 Å². The summed E-state index contributed by atoms with van der Waals surface area (Å²) in [7, 11) is 0. The number of amides is 1. The molecule has 1 unspecified atom stereocenters. The summed E-state index contributed by atoms with van der Waals surface area (Å²) in [5, 5.41) is 12.0. The molecule has 2 aromatic carbocycles. The molecule has 7 nitrogen and oxygen atoms in total. The summed E-state index contributed by atoms with van der Waals surface area (Å²) in [6, 6.07) is 3.72. The Kier molecular flexibility index (Phi) is 12.5. The van der Waals surface area contributed by atoms with Crippen LogP contribution >= 0.6 is 25.1 Å². The molecule has 1 aliphatic heterocycles. The fraction of sp³-hybridized carbons (Fsp3) is 0.424. The predicted molar refractivity (Wildman–Crippen MR) is 174 cm³/mol. The zero-order valence-electron chi connectivity index (χ0n) is 26.0. The Labute approximate surface area is 277 Å². The third kappa shape index (κ3) is 8.71. The van der Waals surface area contributed by atoms with Gasteiger partial charge in [0.05, 0.1) is 17.5 Å². The normalized spacial score (nSPS) is 14.8. The van der Waals surface area contributed by atoms with Crippen LogP contribution in [0.4, 0.5) is 17.6 Å². The van der Waals surface area contributed by atoms with Crippen LogP contribution in [0.2, 0.25) is 5.02 Å². The van der Waals surface area contributed by atoms with Gasteiger partial charge in [0.15, 0.2) is 5.82 Å². The average Bonchev–Trinajstić information content (AvgIpc) is 2.91. The molecular formula is C33H38ClF4N3O4S. The van der Waals surface area contributed by atoms with Gasteiger partial charge in [-0.1, -0.05) is 25.4 Å². The van der Waals surface area contributed by atoms with Crippen molar-refractivity contribution < 1.29 is 32.3 Å². The molecule has 0 radical (unpaired) electrons. The molecular weight excluding hydrogens is 646 g/mol. The van der Waals surface area contributed by atoms with Gasteiger partial charge in [-0.2, -0.15) is 13.5 Å². The fourth-order valence-electron chi connectivity index (χ4n) is 5.82. The maximum Gasteiger partial charge on any atom is 0.305 e. The molecule has 2 N–H and O–H groups in total. The SMILES string of the molecule is Cc1cc(F)cc(C)c1-c1cc(Cl)c(F)c([C@H](CC(=O)O)NC(=O)C(CC(C)C)n2cc(CCN3CC(F)C3)cc(F)c2=O)c1.S. The second-order valence-electron chi connectivity index (χ2n) is 12.1. The highest BCUT2D eigenvalue weighted by atomic mass is 35.5. The standard InChI is InChI=1S/C33H36ClF4N3O4.H2S/c1-17(2)7-28(41-14-20(10-26(37)33(41)45)5-6-40-15-23(36)16-40)32(44)39-27(13-29(42)43)24-11-21(12-25(34)31(24)38)30-18(3)8-22(35)9-19(30)4;/h8-12,14,17,23,27-28H,5-7,13,15-16H2,1-4H3,(H,39,44)(H,42,43);1H2/t27-,28?;/m0./s1. The Bertz CT molecular complexity index is 1640. The molecule has 0 spiro atoms. The number of hydrogen-bond acceptors (Lipinski definition) is 4. The molecule has 0 saturated carbocycles. The van der Waals surface area contributed by atoms with Gasteiger partial charge in [-0.15, -0.1) is 0 Å². The number of carboxylic acids is 1. The van der Waals surface area contributed by atoms with Crippen molar-refractivity contribution >= 4 is 37.0 Å². The van der Waals surface area contributed by atoms with Crippen molar-refractivity contribution in [3.8, 4) is 11.1 Å². The van der Waals surface area contributed by atoms with E-state index in [1.54, 1.807) is 27.7 Å². The number of nitrogens with zero attached hydrogens (tertiary/aromatic N) is 2. The van der Waals surface area contributed by atoms with Crippen LogP contribution in [-0.2, 0) is 16.0 Å². The maximum atomic E-state index is 15.6. The molecule has 1 aromatic heterocycles. The zero-order valence-corrected chi connectivity index (χ0v) is 27.7. The summed E-state index contributed by atoms with van der Waals surface area (Å²) in [5.41, 5.74) is 1.20. The smallest absolute Gasteiger partial charge is 0.305 e. The molecule has 250 valence electrons. The van der Waals surface area contributed by atoms with E-state index in [9.17, 15) is 32.7 Å². The topological polar surface area (TPSA) is 91.6 Å². The van der Waals surface area contributed by atoms with Crippen LogP contribution in [0, 0.1) is 37.2 Å². The number of alkyl halides is 1. The van der Waals surface area contributed by atoms with Crippen molar-refractivity contribution in [1.82, 2.24) is 14.8 Å². The monoisotopic (exact) mass is 683 g/mol. The van der Waals surface area contributed by atoms with Crippen LogP contribution in [0.5, 0.6) is 0 Å². The molecule has 2 atom stereocenters. The number of rotatable bonds is 12. The Morgan fingerprint density at radius 2 is 1.70 bits per heavy atom. The summed E-state index contributed by atoms with van der Waals surface area (Å²) in [5.74, 6) is -4.79. The summed E-state index contributed by atoms with van der Waals surface area (Å²) in [6.07, 6.45) is 0.140. The Morgan fingerprint density at radius 1 is 1.07 bits per heavy atom. The van der Waals surface area contributed by atoms with Crippen molar-refractivity contribution in [1.29, 1.82) is 0 Å². The largest absolute Gasteiger partial charge is 0.481 e. The Morgan fingerprint density at radius 3 is 2.26 bits per heavy atom. The van der Waals surface area contributed by atoms with Crippen LogP contribution in [0.3, 0.4) is 0 Å². The first-order chi connectivity index (χ1) is 21.1. The third-order valence-electron chi connectivity index (χ3n) is 7.93. The molecule has 0 aliphatic carbocycles. The van der Waals surface area contributed by atoms with Crippen molar-refractivity contribution in [2.75, 3.05) is 19.6 Å². The lowest BCUT2D eigenvalue weighted by Crippen LogP contribution is -2.49. The molecule has 1 saturated heterocycles. The van der Waals surface area contributed by atoms with Gasteiger partial charge in [-0.05, 0) is 90.8 Å². The maximum absolute atomic E-state index is 15.6. The lowest BCUT2D eigenvalue weighted by atomic mass is 9.92. The van der Waals surface area contributed by atoms with E-state index in [1.807, 2.05) is 4.90 Å². The molecule has 4 rings (SSSR count). The second kappa shape index (κ2) is 15.5. The van der Waals surface area contributed by atoms with Crippen LogP contribution in [-0.4, -0.2) is 52.3 Å². The van der Waals surface area contributed by atoms with E-state index in [0.717, 1.165) is 10.6 Å². The highest BCUT2D eigenvalue weighted by Gasteiger charge is 2.31. The number of nitrogens with one attached hydrogen (secondary N) is 1. The highest BCUT2D eigenvalue weighted by molar-refractivity contribution is 7.59. The van der Waals surface area contributed by atoms with E-state index < -0.39 is 59.6 Å². The van der Waals surface area contributed by atoms with Gasteiger partial charge < -0.3 is 15.0 Å². The number of likely N-dealkylation sites (tertiary alicyclic amines) is 1. The lowest BCUT2D eigenvalue weighted by molar-refractivity contribution is -0.138. The number of carbonyl (C=O) groups is 2. The molecule has 1 amide bonds. The first-order valence-corrected chi connectivity index (χ1v) is 15.1. The van der Waals surface area contributed by atoms with E-state index in [1.165, 1.54) is 30.5 Å². The predicted octanol–water partition coefficient (Wildman–Crippen LogP) is 6.43. The van der Waals surface area contributed by atoms with Crippen molar-refractivity contribution in [2.45, 2.75) is 65.2 Å². The first kappa shape index (κ1) is 37.1. The Balaban J connectivity index is 0.00000576. The number of hydrogen-bond donors (Lipinski definition) is 2. The van der Waals surface area contributed by atoms with E-state index in [4.69, 9.17) is 11.6 Å². The van der Waals surface area contributed by atoms with Gasteiger partial charge in [-0.25, -0.2) is 17.6 Å². The van der Waals surface area contributed by atoms with E-state index in [-0.39, 0.29) is 49.5 Å². The van der Waals surface area contributed by atoms with Gasteiger partial charge in [0.25, 0.3) is 5.56 Å². The van der Waals surface area contributed by atoms with Crippen molar-refractivity contribution in [3.05, 3.63) is 91.6 Å². The number of pyridine rings is 1. The van der Waals surface area contributed by atoms with Crippen LogP contribution in [0.15, 0.2) is 41.3 Å². The minimum Gasteiger partial charge on any atom is -0.481 e. The number of aliphatic carboxylic acids is 1. The molecule has 1 fully saturated rings. The number of benzene rings is 2. The summed E-state index contributed by atoms with van der Waals surface area (Å²) in [4.78, 5) is 40.6. The van der Waals surface area contributed by atoms with Crippen molar-refractivity contribution in [3.63, 3.8) is 0 Å². The summed E-state index contributed by atoms with van der Waals surface area (Å²) in [6.45, 7) is 7.91. The summed E-state index contributed by atoms with van der Waals surface area (Å²) < 4.78 is 58.6. The highest BCUT2D eigenvalue weighted by Crippen LogP contribution is 2.36. The summed E-state index contributed by atoms with van der Waals surface area (Å²) >= 11 is 6.26. The number of carbonyl (C=O) groups excluding carboxylic acids is 1. The number of aromatic nitrogens is 1. The molecule has 0 bridgehead atoms. The van der Waals surface area contributed by atoms with Crippen LogP contribution < -0.4 is 10.9 Å². The quantitative estimate of drug-likeness (QED) is 0.215. The third-order valence-corrected chi connectivity index (χ3v) is 8.21. The van der Waals surface area contributed by atoms with Gasteiger partial charge >= 0.3 is 5.97 Å². The number of carboxylic acid groups (broad SMARTS) is 1. The van der Waals surface area contributed by atoms with Gasteiger partial charge in [0.1, 0.15) is 23.8 Å². The van der Waals surface area contributed by atoms with E-state index in [0.29, 0.717) is 40.8 Å². The molecule has 13 heteroatoms. The van der Waals surface area contributed by atoms with Crippen LogP contribution in [0.1, 0.15) is 61.0 Å². The van der Waals surface area contributed by atoms with E-state index in [2.05, 4.69) is 5.32 Å². The minimum atomic E-state index is -1.42. The Hall–Kier alpha value is -3.35. The first-order valence-electron chi connectivity index (χ1n) is 14.7. The number of aryl methyl sites for hydroxylation is 2. The molecule has 3 aromatic rings. The molecule has 2 heterocycles. The minimum absolute atomic E-state index is 0. The number of halogens is 5. The lowest BCUT2D eigenvalue weighted by Gasteiger charge is -2.34. The van der Waals surface area contributed by atoms with E-state index >= 15 is 4.39 Å². The van der Waals surface area contributed by atoms with Gasteiger partial charge in [0, 0.05) is 31.4 Å². The van der Waals surface area contributed by atoms with Gasteiger partial charge in [-0.3, -0.25) is 19.3 Å². The average molecular weight is 684 g/mol. The second-order valence-corrected chi connectivity index (χ2v) is 12.5. The van der Waals surface area contributed by atoms with Crippen LogP contribution in [0.25, 0.3) is 11.1 Å².